The Morgan fingerprint density at radius 2 is 1.64 bits per heavy atom. The van der Waals surface area contributed by atoms with Crippen molar-refractivity contribution in [1.29, 1.82) is 0 Å². The molecular formula is C31H40N2. The minimum absolute atomic E-state index is 0.728. The van der Waals surface area contributed by atoms with Crippen LogP contribution in [0.3, 0.4) is 0 Å². The molecule has 1 aliphatic rings. The molecule has 1 saturated carbocycles. The van der Waals surface area contributed by atoms with Gasteiger partial charge in [0, 0.05) is 23.5 Å². The predicted octanol–water partition coefficient (Wildman–Crippen LogP) is 9.08. The Morgan fingerprint density at radius 1 is 0.970 bits per heavy atom. The van der Waals surface area contributed by atoms with Crippen molar-refractivity contribution < 1.29 is 0 Å². The first-order valence-electron chi connectivity index (χ1n) is 12.1. The molecule has 0 radical (unpaired) electrons. The zero-order valence-corrected chi connectivity index (χ0v) is 21.0. The average Bonchev–Trinajstić information content (AvgIpc) is 2.85. The summed E-state index contributed by atoms with van der Waals surface area (Å²) in [6, 6.07) is 13.2. The highest BCUT2D eigenvalue weighted by Crippen LogP contribution is 2.37. The van der Waals surface area contributed by atoms with Crippen molar-refractivity contribution >= 4 is 6.21 Å². The molecule has 2 heteroatoms. The highest BCUT2D eigenvalue weighted by atomic mass is 14.7. The number of hydrogen-bond donors (Lipinski definition) is 0. The Hall–Kier alpha value is -3.00. The van der Waals surface area contributed by atoms with Gasteiger partial charge >= 0.3 is 0 Å². The number of nitrogens with zero attached hydrogens (tertiary/aromatic N) is 2. The van der Waals surface area contributed by atoms with Crippen molar-refractivity contribution in [2.45, 2.75) is 65.7 Å². The summed E-state index contributed by atoms with van der Waals surface area (Å²) < 4.78 is 0. The molecule has 0 spiro atoms. The molecular weight excluding hydrogens is 400 g/mol. The minimum atomic E-state index is 0.728. The Morgan fingerprint density at radius 3 is 2.15 bits per heavy atom. The fraction of sp³-hybridized carbons (Fsp3) is 0.355. The third kappa shape index (κ3) is 8.13. The molecule has 1 aromatic heterocycles. The van der Waals surface area contributed by atoms with E-state index in [1.165, 1.54) is 48.8 Å². The monoisotopic (exact) mass is 440 g/mol. The third-order valence-corrected chi connectivity index (χ3v) is 6.28. The lowest BCUT2D eigenvalue weighted by atomic mass is 9.78. The van der Waals surface area contributed by atoms with Gasteiger partial charge in [-0.2, -0.15) is 0 Å². The van der Waals surface area contributed by atoms with Gasteiger partial charge in [-0.3, -0.25) is 9.98 Å². The van der Waals surface area contributed by atoms with E-state index in [1.807, 2.05) is 31.5 Å². The van der Waals surface area contributed by atoms with Crippen LogP contribution in [0.25, 0.3) is 11.3 Å². The van der Waals surface area contributed by atoms with Crippen LogP contribution < -0.4 is 0 Å². The molecule has 0 atom stereocenters. The lowest BCUT2D eigenvalue weighted by molar-refractivity contribution is 0.319. The van der Waals surface area contributed by atoms with Gasteiger partial charge in [-0.15, -0.1) is 13.2 Å². The van der Waals surface area contributed by atoms with Crippen LogP contribution in [0.1, 0.15) is 76.8 Å². The maximum atomic E-state index is 4.67. The highest BCUT2D eigenvalue weighted by molar-refractivity contribution is 5.81. The minimum Gasteiger partial charge on any atom is -0.256 e. The molecule has 0 aliphatic heterocycles. The molecule has 0 saturated heterocycles. The Labute approximate surface area is 201 Å². The zero-order chi connectivity index (χ0) is 24.2. The van der Waals surface area contributed by atoms with Gasteiger partial charge in [0.2, 0.25) is 0 Å². The van der Waals surface area contributed by atoms with E-state index in [-0.39, 0.29) is 0 Å². The van der Waals surface area contributed by atoms with E-state index in [2.05, 4.69) is 86.9 Å². The summed E-state index contributed by atoms with van der Waals surface area (Å²) in [4.78, 5) is 9.30. The van der Waals surface area contributed by atoms with E-state index in [1.54, 1.807) is 0 Å². The van der Waals surface area contributed by atoms with E-state index in [9.17, 15) is 0 Å². The Bertz CT molecular complexity index is 963. The number of hydrogen-bond acceptors (Lipinski definition) is 2. The maximum absolute atomic E-state index is 4.67. The highest BCUT2D eigenvalue weighted by Gasteiger charge is 2.21. The standard InChI is InChI=1S/C29H36N2.C2H4/c1-6-23-8-11-25(12-9-23)26-13-15-27(16-14-26)29-18-10-24(20-31-29)19-30-28(22(4)5)17-7-21(2)3;1-2/h7,10,13-20,23,25H,2,6,8-9,11-12H2,1,3-5H3;1-2H2/b17-7-,30-19?;. The van der Waals surface area contributed by atoms with Crippen LogP contribution in [0.5, 0.6) is 0 Å². The van der Waals surface area contributed by atoms with Crippen molar-refractivity contribution in [2.75, 3.05) is 0 Å². The zero-order valence-electron chi connectivity index (χ0n) is 21.0. The molecule has 3 rings (SSSR count). The van der Waals surface area contributed by atoms with Crippen molar-refractivity contribution in [3.8, 4) is 11.3 Å². The molecule has 2 nitrogen and oxygen atoms in total. The Balaban J connectivity index is 0.00000187. The van der Waals surface area contributed by atoms with Gasteiger partial charge in [0.05, 0.1) is 11.4 Å². The summed E-state index contributed by atoms with van der Waals surface area (Å²) in [6.45, 7) is 18.3. The molecule has 1 aromatic carbocycles. The predicted molar refractivity (Wildman–Crippen MR) is 146 cm³/mol. The Kier molecular flexibility index (Phi) is 10.8. The van der Waals surface area contributed by atoms with Crippen LogP contribution in [0.15, 0.2) is 96.3 Å². The van der Waals surface area contributed by atoms with Crippen molar-refractivity contribution in [1.82, 2.24) is 4.98 Å². The molecule has 2 aromatic rings. The van der Waals surface area contributed by atoms with Gasteiger partial charge in [-0.1, -0.05) is 61.4 Å². The van der Waals surface area contributed by atoms with Crippen LogP contribution in [0.2, 0.25) is 0 Å². The van der Waals surface area contributed by atoms with E-state index in [0.29, 0.717) is 0 Å². The van der Waals surface area contributed by atoms with Crippen LogP contribution in [0, 0.1) is 5.92 Å². The van der Waals surface area contributed by atoms with Crippen LogP contribution in [-0.4, -0.2) is 11.2 Å². The van der Waals surface area contributed by atoms with Crippen LogP contribution in [0.4, 0.5) is 0 Å². The summed E-state index contributed by atoms with van der Waals surface area (Å²) in [5.74, 6) is 1.67. The fourth-order valence-corrected chi connectivity index (χ4v) is 4.19. The lowest BCUT2D eigenvalue weighted by Gasteiger charge is -2.28. The second-order valence-electron chi connectivity index (χ2n) is 9.05. The molecule has 174 valence electrons. The van der Waals surface area contributed by atoms with E-state index in [4.69, 9.17) is 0 Å². The molecule has 1 aliphatic carbocycles. The molecule has 1 fully saturated rings. The molecule has 1 heterocycles. The molecule has 0 amide bonds. The van der Waals surface area contributed by atoms with E-state index >= 15 is 0 Å². The van der Waals surface area contributed by atoms with E-state index in [0.717, 1.165) is 34.4 Å². The van der Waals surface area contributed by atoms with Gasteiger partial charge < -0.3 is 0 Å². The fourth-order valence-electron chi connectivity index (χ4n) is 4.19. The molecule has 0 N–H and O–H groups in total. The number of aliphatic imine (C=N–C) groups is 1. The number of allylic oxidation sites excluding steroid dienone is 4. The smallest absolute Gasteiger partial charge is 0.0702 e. The molecule has 0 unspecified atom stereocenters. The lowest BCUT2D eigenvalue weighted by Crippen LogP contribution is -2.12. The normalized spacial score (nSPS) is 18.1. The second kappa shape index (κ2) is 13.5. The van der Waals surface area contributed by atoms with Gasteiger partial charge in [0.1, 0.15) is 0 Å². The maximum Gasteiger partial charge on any atom is 0.0702 e. The molecule has 33 heavy (non-hydrogen) atoms. The summed E-state index contributed by atoms with van der Waals surface area (Å²) in [5.41, 5.74) is 7.79. The van der Waals surface area contributed by atoms with Crippen LogP contribution >= 0.6 is 0 Å². The van der Waals surface area contributed by atoms with Gasteiger partial charge in [0.25, 0.3) is 0 Å². The third-order valence-electron chi connectivity index (χ3n) is 6.28. The number of rotatable bonds is 7. The number of benzene rings is 1. The van der Waals surface area contributed by atoms with Gasteiger partial charge in [0.15, 0.2) is 0 Å². The molecule has 0 bridgehead atoms. The largest absolute Gasteiger partial charge is 0.256 e. The summed E-state index contributed by atoms with van der Waals surface area (Å²) >= 11 is 0. The van der Waals surface area contributed by atoms with Gasteiger partial charge in [-0.25, -0.2) is 0 Å². The number of aromatic nitrogens is 1. The van der Waals surface area contributed by atoms with Crippen molar-refractivity contribution in [2.24, 2.45) is 10.9 Å². The first kappa shape index (κ1) is 26.3. The van der Waals surface area contributed by atoms with E-state index < -0.39 is 0 Å². The number of pyridine rings is 1. The first-order chi connectivity index (χ1) is 16.0. The quantitative estimate of drug-likeness (QED) is 0.239. The second-order valence-corrected chi connectivity index (χ2v) is 9.05. The van der Waals surface area contributed by atoms with Crippen LogP contribution in [-0.2, 0) is 0 Å². The summed E-state index contributed by atoms with van der Waals surface area (Å²) in [6.07, 6.45) is 14.5. The van der Waals surface area contributed by atoms with Crippen molar-refractivity contribution in [3.63, 3.8) is 0 Å². The summed E-state index contributed by atoms with van der Waals surface area (Å²) in [7, 11) is 0. The average molecular weight is 441 g/mol. The first-order valence-corrected chi connectivity index (χ1v) is 12.1. The summed E-state index contributed by atoms with van der Waals surface area (Å²) in [5, 5.41) is 0. The SMILES string of the molecule is C=C.C=C(C)/C=C\C(N=Cc1ccc(-c2ccc(C3CCC(CC)CC3)cc2)nc1)=C(C)C. The van der Waals surface area contributed by atoms with Gasteiger partial charge in [-0.05, 0) is 82.1 Å². The topological polar surface area (TPSA) is 25.2 Å². The van der Waals surface area contributed by atoms with Crippen molar-refractivity contribution in [3.05, 3.63) is 102 Å².